The SMILES string of the molecule is C/C=C/C(C)=C/C(C)C(O)C(C)CCC. The van der Waals surface area contributed by atoms with Gasteiger partial charge in [0.25, 0.3) is 0 Å². The van der Waals surface area contributed by atoms with Crippen LogP contribution in [-0.2, 0) is 0 Å². The van der Waals surface area contributed by atoms with Gasteiger partial charge in [-0.25, -0.2) is 0 Å². The fraction of sp³-hybridized carbons (Fsp3) is 0.714. The molecule has 0 amide bonds. The summed E-state index contributed by atoms with van der Waals surface area (Å²) in [5.74, 6) is 0.627. The van der Waals surface area contributed by atoms with Crippen molar-refractivity contribution in [2.24, 2.45) is 11.8 Å². The molecule has 15 heavy (non-hydrogen) atoms. The zero-order valence-corrected chi connectivity index (χ0v) is 10.8. The molecule has 1 N–H and O–H groups in total. The first-order valence-electron chi connectivity index (χ1n) is 6.02. The van der Waals surface area contributed by atoms with Crippen LogP contribution in [0.2, 0.25) is 0 Å². The Morgan fingerprint density at radius 3 is 2.40 bits per heavy atom. The van der Waals surface area contributed by atoms with Crippen molar-refractivity contribution < 1.29 is 5.11 Å². The average Bonchev–Trinajstić information content (AvgIpc) is 2.17. The standard InChI is InChI=1S/C14H26O/c1-6-8-11(3)10-13(5)14(15)12(4)9-7-2/h6,8,10,12-15H,7,9H2,1-5H3/b8-6+,11-10+. The maximum Gasteiger partial charge on any atom is 0.0625 e. The summed E-state index contributed by atoms with van der Waals surface area (Å²) in [5.41, 5.74) is 1.23. The Labute approximate surface area is 94.9 Å². The molecular formula is C14H26O. The molecule has 0 aromatic rings. The minimum Gasteiger partial charge on any atom is -0.392 e. The van der Waals surface area contributed by atoms with Gasteiger partial charge in [-0.3, -0.25) is 0 Å². The fourth-order valence-electron chi connectivity index (χ4n) is 1.98. The third kappa shape index (κ3) is 5.78. The van der Waals surface area contributed by atoms with E-state index in [9.17, 15) is 5.11 Å². The Morgan fingerprint density at radius 1 is 1.33 bits per heavy atom. The maximum atomic E-state index is 10.1. The zero-order valence-electron chi connectivity index (χ0n) is 10.8. The van der Waals surface area contributed by atoms with Gasteiger partial charge in [-0.15, -0.1) is 0 Å². The molecule has 0 aliphatic carbocycles. The van der Waals surface area contributed by atoms with Gasteiger partial charge in [0.15, 0.2) is 0 Å². The van der Waals surface area contributed by atoms with E-state index in [1.165, 1.54) is 5.57 Å². The van der Waals surface area contributed by atoms with Gasteiger partial charge < -0.3 is 5.11 Å². The monoisotopic (exact) mass is 210 g/mol. The number of rotatable bonds is 6. The lowest BCUT2D eigenvalue weighted by molar-refractivity contribution is 0.0784. The van der Waals surface area contributed by atoms with Crippen LogP contribution in [0.15, 0.2) is 23.8 Å². The smallest absolute Gasteiger partial charge is 0.0625 e. The molecule has 0 spiro atoms. The Balaban J connectivity index is 4.30. The van der Waals surface area contributed by atoms with Crippen molar-refractivity contribution in [1.29, 1.82) is 0 Å². The molecule has 0 fully saturated rings. The van der Waals surface area contributed by atoms with Gasteiger partial charge in [0.2, 0.25) is 0 Å². The van der Waals surface area contributed by atoms with E-state index in [0.29, 0.717) is 5.92 Å². The molecule has 0 aromatic carbocycles. The summed E-state index contributed by atoms with van der Waals surface area (Å²) in [5, 5.41) is 10.1. The quantitative estimate of drug-likeness (QED) is 0.658. The highest BCUT2D eigenvalue weighted by molar-refractivity contribution is 5.16. The Kier molecular flexibility index (Phi) is 7.41. The zero-order chi connectivity index (χ0) is 11.8. The summed E-state index contributed by atoms with van der Waals surface area (Å²) in [4.78, 5) is 0. The van der Waals surface area contributed by atoms with Crippen LogP contribution in [0.4, 0.5) is 0 Å². The number of hydrogen-bond donors (Lipinski definition) is 1. The molecule has 0 aliphatic rings. The van der Waals surface area contributed by atoms with E-state index < -0.39 is 0 Å². The highest BCUT2D eigenvalue weighted by Gasteiger charge is 2.18. The van der Waals surface area contributed by atoms with Gasteiger partial charge in [-0.1, -0.05) is 51.0 Å². The van der Waals surface area contributed by atoms with Crippen molar-refractivity contribution in [1.82, 2.24) is 0 Å². The summed E-state index contributed by atoms with van der Waals surface area (Å²) in [6, 6.07) is 0. The van der Waals surface area contributed by atoms with E-state index in [1.54, 1.807) is 0 Å². The van der Waals surface area contributed by atoms with Crippen molar-refractivity contribution in [2.75, 3.05) is 0 Å². The summed E-state index contributed by atoms with van der Waals surface area (Å²) < 4.78 is 0. The fourth-order valence-corrected chi connectivity index (χ4v) is 1.98. The van der Waals surface area contributed by atoms with Gasteiger partial charge in [0, 0.05) is 5.92 Å². The molecule has 0 aromatic heterocycles. The lowest BCUT2D eigenvalue weighted by Crippen LogP contribution is -2.24. The Hall–Kier alpha value is -0.560. The van der Waals surface area contributed by atoms with Crippen LogP contribution >= 0.6 is 0 Å². The van der Waals surface area contributed by atoms with Crippen LogP contribution in [0, 0.1) is 11.8 Å². The van der Waals surface area contributed by atoms with E-state index in [1.807, 2.05) is 13.0 Å². The first-order valence-corrected chi connectivity index (χ1v) is 6.02. The minimum absolute atomic E-state index is 0.217. The van der Waals surface area contributed by atoms with E-state index in [0.717, 1.165) is 12.8 Å². The molecule has 0 saturated carbocycles. The number of aliphatic hydroxyl groups excluding tert-OH is 1. The lowest BCUT2D eigenvalue weighted by atomic mass is 9.89. The van der Waals surface area contributed by atoms with Crippen LogP contribution in [0.25, 0.3) is 0 Å². The second kappa shape index (κ2) is 7.70. The van der Waals surface area contributed by atoms with Gasteiger partial charge >= 0.3 is 0 Å². The van der Waals surface area contributed by atoms with E-state index in [-0.39, 0.29) is 12.0 Å². The molecule has 3 atom stereocenters. The molecule has 3 unspecified atom stereocenters. The summed E-state index contributed by atoms with van der Waals surface area (Å²) in [6.07, 6.45) is 8.28. The molecule has 0 rings (SSSR count). The number of hydrogen-bond acceptors (Lipinski definition) is 1. The highest BCUT2D eigenvalue weighted by Crippen LogP contribution is 2.19. The van der Waals surface area contributed by atoms with Crippen molar-refractivity contribution in [3.63, 3.8) is 0 Å². The summed E-state index contributed by atoms with van der Waals surface area (Å²) >= 11 is 0. The van der Waals surface area contributed by atoms with E-state index in [4.69, 9.17) is 0 Å². The van der Waals surface area contributed by atoms with E-state index >= 15 is 0 Å². The predicted molar refractivity (Wildman–Crippen MR) is 67.8 cm³/mol. The second-order valence-electron chi connectivity index (χ2n) is 4.53. The average molecular weight is 210 g/mol. The molecule has 88 valence electrons. The normalized spacial score (nSPS) is 19.2. The largest absolute Gasteiger partial charge is 0.392 e. The van der Waals surface area contributed by atoms with Gasteiger partial charge in [-0.05, 0) is 26.2 Å². The van der Waals surface area contributed by atoms with Gasteiger partial charge in [-0.2, -0.15) is 0 Å². The predicted octanol–water partition coefficient (Wildman–Crippen LogP) is 3.94. The van der Waals surface area contributed by atoms with Crippen molar-refractivity contribution in [3.05, 3.63) is 23.8 Å². The Bertz CT molecular complexity index is 215. The minimum atomic E-state index is -0.217. The molecule has 0 bridgehead atoms. The first kappa shape index (κ1) is 14.4. The van der Waals surface area contributed by atoms with Crippen LogP contribution in [0.1, 0.15) is 47.5 Å². The summed E-state index contributed by atoms with van der Waals surface area (Å²) in [6.45, 7) is 10.5. The van der Waals surface area contributed by atoms with Crippen LogP contribution in [-0.4, -0.2) is 11.2 Å². The number of allylic oxidation sites excluding steroid dienone is 3. The maximum absolute atomic E-state index is 10.1. The molecule has 0 saturated heterocycles. The second-order valence-corrected chi connectivity index (χ2v) is 4.53. The Morgan fingerprint density at radius 2 is 1.93 bits per heavy atom. The molecule has 0 heterocycles. The lowest BCUT2D eigenvalue weighted by Gasteiger charge is -2.22. The number of aliphatic hydroxyl groups is 1. The van der Waals surface area contributed by atoms with E-state index in [2.05, 4.69) is 39.8 Å². The van der Waals surface area contributed by atoms with Gasteiger partial charge in [0.05, 0.1) is 6.10 Å². The topological polar surface area (TPSA) is 20.2 Å². The van der Waals surface area contributed by atoms with Crippen molar-refractivity contribution >= 4 is 0 Å². The third-order valence-electron chi connectivity index (χ3n) is 2.82. The third-order valence-corrected chi connectivity index (χ3v) is 2.82. The van der Waals surface area contributed by atoms with Crippen LogP contribution in [0.3, 0.4) is 0 Å². The van der Waals surface area contributed by atoms with Gasteiger partial charge in [0.1, 0.15) is 0 Å². The van der Waals surface area contributed by atoms with Crippen molar-refractivity contribution in [2.45, 2.75) is 53.6 Å². The van der Waals surface area contributed by atoms with Crippen molar-refractivity contribution in [3.8, 4) is 0 Å². The molecular weight excluding hydrogens is 184 g/mol. The molecule has 1 heteroatoms. The molecule has 1 nitrogen and oxygen atoms in total. The first-order chi connectivity index (χ1) is 7.02. The molecule has 0 radical (unpaired) electrons. The van der Waals surface area contributed by atoms with Crippen LogP contribution < -0.4 is 0 Å². The molecule has 0 aliphatic heterocycles. The summed E-state index contributed by atoms with van der Waals surface area (Å²) in [7, 11) is 0. The van der Waals surface area contributed by atoms with Crippen LogP contribution in [0.5, 0.6) is 0 Å². The highest BCUT2D eigenvalue weighted by atomic mass is 16.3.